The van der Waals surface area contributed by atoms with Crippen LogP contribution in [-0.4, -0.2) is 19.4 Å². The lowest BCUT2D eigenvalue weighted by Crippen LogP contribution is -1.95. The Bertz CT molecular complexity index is 2490. The lowest BCUT2D eigenvalue weighted by atomic mass is 10.0. The van der Waals surface area contributed by atoms with Gasteiger partial charge in [-0.1, -0.05) is 78.9 Å². The molecule has 0 saturated heterocycles. The molecule has 0 fully saturated rings. The summed E-state index contributed by atoms with van der Waals surface area (Å²) in [6.07, 6.45) is 0. The SMILES string of the molecule is c1cc(-c2ccc3ccccc3c2)nc(-c2ccc3c4nc5ccccc5cc4c4nc5ccccc5n4c3c2)c1. The van der Waals surface area contributed by atoms with Crippen LogP contribution in [0.4, 0.5) is 0 Å². The van der Waals surface area contributed by atoms with Crippen molar-refractivity contribution in [3.05, 3.63) is 133 Å². The highest BCUT2D eigenvalue weighted by Crippen LogP contribution is 2.35. The fourth-order valence-electron chi connectivity index (χ4n) is 6.12. The molecule has 0 spiro atoms. The van der Waals surface area contributed by atoms with Crippen LogP contribution in [0.2, 0.25) is 0 Å². The van der Waals surface area contributed by atoms with Gasteiger partial charge in [-0.25, -0.2) is 15.0 Å². The Morgan fingerprint density at radius 1 is 0.415 bits per heavy atom. The van der Waals surface area contributed by atoms with Gasteiger partial charge in [0.15, 0.2) is 0 Å². The molecule has 0 aliphatic carbocycles. The highest BCUT2D eigenvalue weighted by atomic mass is 15.0. The minimum Gasteiger partial charge on any atom is -0.292 e. The van der Waals surface area contributed by atoms with E-state index in [-0.39, 0.29) is 0 Å². The second-order valence-electron chi connectivity index (χ2n) is 10.5. The summed E-state index contributed by atoms with van der Waals surface area (Å²) in [7, 11) is 0. The van der Waals surface area contributed by atoms with E-state index < -0.39 is 0 Å². The second kappa shape index (κ2) is 8.44. The second-order valence-corrected chi connectivity index (χ2v) is 10.5. The third-order valence-corrected chi connectivity index (χ3v) is 8.11. The Hall–Kier alpha value is -5.61. The van der Waals surface area contributed by atoms with Crippen molar-refractivity contribution in [1.82, 2.24) is 19.4 Å². The molecule has 0 radical (unpaired) electrons. The van der Waals surface area contributed by atoms with Crippen LogP contribution in [0.5, 0.6) is 0 Å². The first-order chi connectivity index (χ1) is 20.3. The van der Waals surface area contributed by atoms with Gasteiger partial charge >= 0.3 is 0 Å². The highest BCUT2D eigenvalue weighted by molar-refractivity contribution is 6.15. The molecule has 0 aliphatic heterocycles. The standard InChI is InChI=1S/C37H22N4/c1-2-9-24-20-26(17-16-23(24)8-1)30-13-7-14-31(38-30)27-18-19-28-35(22-27)41-34-15-6-5-12-33(34)40-37(41)29-21-25-10-3-4-11-32(25)39-36(28)29/h1-22H. The van der Waals surface area contributed by atoms with Crippen molar-refractivity contribution in [2.75, 3.05) is 0 Å². The van der Waals surface area contributed by atoms with Crippen molar-refractivity contribution in [1.29, 1.82) is 0 Å². The molecule has 0 atom stereocenters. The van der Waals surface area contributed by atoms with Crippen molar-refractivity contribution in [3.8, 4) is 22.5 Å². The van der Waals surface area contributed by atoms with Crippen LogP contribution in [-0.2, 0) is 0 Å². The molecule has 4 nitrogen and oxygen atoms in total. The van der Waals surface area contributed by atoms with Gasteiger partial charge in [0.1, 0.15) is 5.65 Å². The third-order valence-electron chi connectivity index (χ3n) is 8.11. The summed E-state index contributed by atoms with van der Waals surface area (Å²) >= 11 is 0. The van der Waals surface area contributed by atoms with Gasteiger partial charge in [-0.3, -0.25) is 4.40 Å². The van der Waals surface area contributed by atoms with E-state index in [1.807, 2.05) is 12.1 Å². The van der Waals surface area contributed by atoms with Crippen LogP contribution >= 0.6 is 0 Å². The summed E-state index contributed by atoms with van der Waals surface area (Å²) in [6, 6.07) is 46.6. The van der Waals surface area contributed by atoms with E-state index >= 15 is 0 Å². The summed E-state index contributed by atoms with van der Waals surface area (Å²) in [5.41, 5.74) is 10.0. The number of hydrogen-bond donors (Lipinski definition) is 0. The van der Waals surface area contributed by atoms with Gasteiger partial charge in [0.05, 0.1) is 39.0 Å². The number of hydrogen-bond acceptors (Lipinski definition) is 3. The monoisotopic (exact) mass is 522 g/mol. The van der Waals surface area contributed by atoms with E-state index in [2.05, 4.69) is 126 Å². The molecule has 0 unspecified atom stereocenters. The van der Waals surface area contributed by atoms with Gasteiger partial charge in [-0.2, -0.15) is 0 Å². The molecular weight excluding hydrogens is 500 g/mol. The van der Waals surface area contributed by atoms with Gasteiger partial charge in [0.2, 0.25) is 0 Å². The lowest BCUT2D eigenvalue weighted by Gasteiger charge is -2.12. The Morgan fingerprint density at radius 2 is 1.12 bits per heavy atom. The van der Waals surface area contributed by atoms with E-state index in [4.69, 9.17) is 15.0 Å². The van der Waals surface area contributed by atoms with Crippen LogP contribution in [0.15, 0.2) is 133 Å². The van der Waals surface area contributed by atoms with Gasteiger partial charge in [0.25, 0.3) is 0 Å². The van der Waals surface area contributed by atoms with Crippen molar-refractivity contribution < 1.29 is 0 Å². The van der Waals surface area contributed by atoms with Crippen LogP contribution in [0.25, 0.3) is 82.7 Å². The molecule has 4 aromatic heterocycles. The molecule has 4 heterocycles. The molecule has 0 N–H and O–H groups in total. The van der Waals surface area contributed by atoms with Gasteiger partial charge in [0, 0.05) is 27.3 Å². The Balaban J connectivity index is 1.31. The first kappa shape index (κ1) is 22.2. The zero-order valence-corrected chi connectivity index (χ0v) is 22.0. The number of fused-ring (bicyclic) bond motifs is 10. The zero-order chi connectivity index (χ0) is 26.9. The van der Waals surface area contributed by atoms with Crippen LogP contribution < -0.4 is 0 Å². The maximum atomic E-state index is 5.14. The molecular formula is C37H22N4. The topological polar surface area (TPSA) is 43.1 Å². The van der Waals surface area contributed by atoms with E-state index in [0.29, 0.717) is 0 Å². The Kier molecular flexibility index (Phi) is 4.58. The van der Waals surface area contributed by atoms with Gasteiger partial charge in [-0.15, -0.1) is 0 Å². The third kappa shape index (κ3) is 3.38. The number of nitrogens with zero attached hydrogens (tertiary/aromatic N) is 4. The predicted molar refractivity (Wildman–Crippen MR) is 169 cm³/mol. The number of imidazole rings is 1. The summed E-state index contributed by atoms with van der Waals surface area (Å²) in [6.45, 7) is 0. The number of pyridine rings is 3. The number of aromatic nitrogens is 4. The summed E-state index contributed by atoms with van der Waals surface area (Å²) in [4.78, 5) is 15.3. The highest BCUT2D eigenvalue weighted by Gasteiger charge is 2.16. The molecule has 190 valence electrons. The largest absolute Gasteiger partial charge is 0.292 e. The van der Waals surface area contributed by atoms with Crippen molar-refractivity contribution in [3.63, 3.8) is 0 Å². The fraction of sp³-hybridized carbons (Fsp3) is 0. The predicted octanol–water partition coefficient (Wildman–Crippen LogP) is 9.22. The summed E-state index contributed by atoms with van der Waals surface area (Å²) in [5.74, 6) is 0. The minimum atomic E-state index is 0.918. The molecule has 0 amide bonds. The van der Waals surface area contributed by atoms with E-state index in [9.17, 15) is 0 Å². The van der Waals surface area contributed by atoms with Gasteiger partial charge in [-0.05, 0) is 65.4 Å². The Labute approximate surface area is 235 Å². The lowest BCUT2D eigenvalue weighted by molar-refractivity contribution is 1.30. The molecule has 9 rings (SSSR count). The van der Waals surface area contributed by atoms with Crippen molar-refractivity contribution in [2.45, 2.75) is 0 Å². The van der Waals surface area contributed by atoms with E-state index in [1.165, 1.54) is 10.8 Å². The Morgan fingerprint density at radius 3 is 2.00 bits per heavy atom. The average Bonchev–Trinajstić information content (AvgIpc) is 3.44. The van der Waals surface area contributed by atoms with Crippen molar-refractivity contribution in [2.24, 2.45) is 0 Å². The minimum absolute atomic E-state index is 0.918. The maximum absolute atomic E-state index is 5.14. The van der Waals surface area contributed by atoms with Gasteiger partial charge < -0.3 is 0 Å². The quantitative estimate of drug-likeness (QED) is 0.168. The molecule has 0 aliphatic rings. The van der Waals surface area contributed by atoms with Crippen LogP contribution in [0.1, 0.15) is 0 Å². The first-order valence-electron chi connectivity index (χ1n) is 13.8. The number of para-hydroxylation sites is 3. The zero-order valence-electron chi connectivity index (χ0n) is 22.0. The first-order valence-corrected chi connectivity index (χ1v) is 13.8. The fourth-order valence-corrected chi connectivity index (χ4v) is 6.12. The van der Waals surface area contributed by atoms with E-state index in [0.717, 1.165) is 71.9 Å². The summed E-state index contributed by atoms with van der Waals surface area (Å²) < 4.78 is 2.28. The van der Waals surface area contributed by atoms with Crippen molar-refractivity contribution >= 4 is 60.2 Å². The molecule has 41 heavy (non-hydrogen) atoms. The molecule has 4 heteroatoms. The molecule has 0 bridgehead atoms. The molecule has 5 aromatic carbocycles. The van der Waals surface area contributed by atoms with E-state index in [1.54, 1.807) is 0 Å². The van der Waals surface area contributed by atoms with Crippen LogP contribution in [0, 0.1) is 0 Å². The smallest absolute Gasteiger partial charge is 0.147 e. The molecule has 9 aromatic rings. The van der Waals surface area contributed by atoms with Crippen LogP contribution in [0.3, 0.4) is 0 Å². The number of benzene rings is 5. The average molecular weight is 523 g/mol. The summed E-state index contributed by atoms with van der Waals surface area (Å²) in [5, 5.41) is 5.70. The molecule has 0 saturated carbocycles. The number of rotatable bonds is 2. The normalized spacial score (nSPS) is 11.9. The maximum Gasteiger partial charge on any atom is 0.147 e.